The normalized spacial score (nSPS) is 18.3. The predicted molar refractivity (Wildman–Crippen MR) is 69.1 cm³/mol. The van der Waals surface area contributed by atoms with Crippen LogP contribution in [0.2, 0.25) is 0 Å². The molecule has 0 saturated carbocycles. The van der Waals surface area contributed by atoms with E-state index in [2.05, 4.69) is 4.57 Å². The number of rotatable bonds is 2. The summed E-state index contributed by atoms with van der Waals surface area (Å²) in [6.45, 7) is 1.47. The lowest BCUT2D eigenvalue weighted by atomic mass is 10.1. The molecule has 0 spiro atoms. The van der Waals surface area contributed by atoms with Crippen molar-refractivity contribution < 1.29 is 13.5 Å². The second-order valence-corrected chi connectivity index (χ2v) is 4.89. The van der Waals surface area contributed by atoms with Crippen molar-refractivity contribution in [3.63, 3.8) is 0 Å². The highest BCUT2D eigenvalue weighted by atomic mass is 19.1. The van der Waals surface area contributed by atoms with E-state index in [1.165, 1.54) is 24.3 Å². The van der Waals surface area contributed by atoms with Gasteiger partial charge in [-0.2, -0.15) is 0 Å². The molecule has 1 atom stereocenters. The predicted octanol–water partition coefficient (Wildman–Crippen LogP) is 3.47. The van der Waals surface area contributed by atoms with Gasteiger partial charge in [-0.15, -0.1) is 0 Å². The molecule has 0 bridgehead atoms. The fourth-order valence-electron chi connectivity index (χ4n) is 2.62. The average molecular weight is 259 g/mol. The molecular formula is C15H11F2NO. The monoisotopic (exact) mass is 259 g/mol. The number of ether oxygens (including phenoxy) is 1. The van der Waals surface area contributed by atoms with E-state index in [-0.39, 0.29) is 17.7 Å². The number of halogens is 2. The Morgan fingerprint density at radius 1 is 1.00 bits per heavy atom. The molecule has 1 saturated heterocycles. The maximum Gasteiger partial charge on any atom is 0.123 e. The molecule has 1 aliphatic rings. The van der Waals surface area contributed by atoms with Gasteiger partial charge in [0.15, 0.2) is 0 Å². The molecule has 3 aromatic rings. The van der Waals surface area contributed by atoms with Crippen LogP contribution in [0.15, 0.2) is 36.4 Å². The van der Waals surface area contributed by atoms with Crippen molar-refractivity contribution in [1.29, 1.82) is 0 Å². The molecule has 2 aromatic carbocycles. The summed E-state index contributed by atoms with van der Waals surface area (Å²) < 4.78 is 34.2. The summed E-state index contributed by atoms with van der Waals surface area (Å²) in [5, 5.41) is 1.49. The Balaban J connectivity index is 2.09. The van der Waals surface area contributed by atoms with Crippen molar-refractivity contribution in [2.24, 2.45) is 0 Å². The Morgan fingerprint density at radius 3 is 2.00 bits per heavy atom. The first-order valence-electron chi connectivity index (χ1n) is 6.21. The average Bonchev–Trinajstić information content (AvgIpc) is 3.16. The van der Waals surface area contributed by atoms with Crippen LogP contribution >= 0.6 is 0 Å². The number of hydrogen-bond acceptors (Lipinski definition) is 1. The van der Waals surface area contributed by atoms with Crippen molar-refractivity contribution in [2.45, 2.75) is 12.6 Å². The number of aromatic nitrogens is 1. The first-order valence-corrected chi connectivity index (χ1v) is 6.21. The Kier molecular flexibility index (Phi) is 2.17. The molecule has 19 heavy (non-hydrogen) atoms. The summed E-state index contributed by atoms with van der Waals surface area (Å²) in [6, 6.07) is 9.27. The highest BCUT2D eigenvalue weighted by Gasteiger charge is 2.25. The van der Waals surface area contributed by atoms with E-state index in [1.807, 2.05) is 0 Å². The quantitative estimate of drug-likeness (QED) is 0.644. The molecule has 0 N–H and O–H groups in total. The number of hydrogen-bond donors (Lipinski definition) is 0. The van der Waals surface area contributed by atoms with Gasteiger partial charge in [-0.1, -0.05) is 0 Å². The zero-order chi connectivity index (χ0) is 13.0. The van der Waals surface area contributed by atoms with Crippen molar-refractivity contribution in [2.75, 3.05) is 6.61 Å². The van der Waals surface area contributed by atoms with Gasteiger partial charge in [0.2, 0.25) is 0 Å². The molecule has 2 nitrogen and oxygen atoms in total. The standard InChI is InChI=1S/C15H11F2NO/c16-9-1-3-14-12(5-9)13-6-10(17)2-4-15(13)18(14)7-11-8-19-11/h1-6,11H,7-8H2/t11-/m1/s1. The third-order valence-electron chi connectivity index (χ3n) is 3.58. The Morgan fingerprint density at radius 2 is 1.53 bits per heavy atom. The second kappa shape index (κ2) is 3.78. The topological polar surface area (TPSA) is 17.5 Å². The van der Waals surface area contributed by atoms with Gasteiger partial charge in [-0.05, 0) is 36.4 Å². The lowest BCUT2D eigenvalue weighted by Crippen LogP contribution is -2.03. The molecular weight excluding hydrogens is 248 g/mol. The highest BCUT2D eigenvalue weighted by Crippen LogP contribution is 2.31. The molecule has 0 unspecified atom stereocenters. The third-order valence-corrected chi connectivity index (χ3v) is 3.58. The summed E-state index contributed by atoms with van der Waals surface area (Å²) in [4.78, 5) is 0. The first-order chi connectivity index (χ1) is 9.22. The van der Waals surface area contributed by atoms with E-state index in [4.69, 9.17) is 4.74 Å². The van der Waals surface area contributed by atoms with Gasteiger partial charge in [-0.25, -0.2) is 8.78 Å². The van der Waals surface area contributed by atoms with Gasteiger partial charge in [0.25, 0.3) is 0 Å². The fraction of sp³-hybridized carbons (Fsp3) is 0.200. The molecule has 4 heteroatoms. The van der Waals surface area contributed by atoms with E-state index in [9.17, 15) is 8.78 Å². The minimum atomic E-state index is -0.307. The van der Waals surface area contributed by atoms with E-state index in [0.29, 0.717) is 0 Å². The number of benzene rings is 2. The van der Waals surface area contributed by atoms with Crippen LogP contribution in [0.3, 0.4) is 0 Å². The van der Waals surface area contributed by atoms with Gasteiger partial charge in [-0.3, -0.25) is 0 Å². The Hall–Kier alpha value is -1.94. The fourth-order valence-corrected chi connectivity index (χ4v) is 2.62. The molecule has 1 aromatic heterocycles. The Bertz CT molecular complexity index is 730. The van der Waals surface area contributed by atoms with Crippen LogP contribution in [-0.2, 0) is 11.3 Å². The van der Waals surface area contributed by atoms with Crippen molar-refractivity contribution in [3.8, 4) is 0 Å². The highest BCUT2D eigenvalue weighted by molar-refractivity contribution is 6.08. The van der Waals surface area contributed by atoms with Crippen molar-refractivity contribution in [3.05, 3.63) is 48.0 Å². The van der Waals surface area contributed by atoms with E-state index < -0.39 is 0 Å². The van der Waals surface area contributed by atoms with Gasteiger partial charge in [0, 0.05) is 21.8 Å². The molecule has 96 valence electrons. The Labute approximate surface area is 108 Å². The maximum absolute atomic E-state index is 13.4. The first kappa shape index (κ1) is 10.9. The second-order valence-electron chi connectivity index (χ2n) is 4.89. The molecule has 1 fully saturated rings. The van der Waals surface area contributed by atoms with Gasteiger partial charge in [0.05, 0.1) is 19.3 Å². The largest absolute Gasteiger partial charge is 0.371 e. The minimum absolute atomic E-state index is 0.217. The number of nitrogens with zero attached hydrogens (tertiary/aromatic N) is 1. The van der Waals surface area contributed by atoms with E-state index >= 15 is 0 Å². The maximum atomic E-state index is 13.4. The zero-order valence-electron chi connectivity index (χ0n) is 10.1. The van der Waals surface area contributed by atoms with Crippen LogP contribution in [0, 0.1) is 11.6 Å². The summed E-state index contributed by atoms with van der Waals surface area (Å²) in [5.74, 6) is -0.614. The lowest BCUT2D eigenvalue weighted by Gasteiger charge is -2.04. The van der Waals surface area contributed by atoms with Gasteiger partial charge >= 0.3 is 0 Å². The molecule has 0 amide bonds. The van der Waals surface area contributed by atoms with Gasteiger partial charge < -0.3 is 9.30 Å². The van der Waals surface area contributed by atoms with E-state index in [0.717, 1.165) is 35.0 Å². The summed E-state index contributed by atoms with van der Waals surface area (Å²) in [7, 11) is 0. The summed E-state index contributed by atoms with van der Waals surface area (Å²) in [6.07, 6.45) is 0.217. The molecule has 2 heterocycles. The van der Waals surface area contributed by atoms with Gasteiger partial charge in [0.1, 0.15) is 11.6 Å². The summed E-state index contributed by atoms with van der Waals surface area (Å²) >= 11 is 0. The van der Waals surface area contributed by atoms with Crippen LogP contribution in [0.5, 0.6) is 0 Å². The van der Waals surface area contributed by atoms with Crippen LogP contribution in [0.1, 0.15) is 0 Å². The molecule has 0 radical (unpaired) electrons. The summed E-state index contributed by atoms with van der Waals surface area (Å²) in [5.41, 5.74) is 1.83. The van der Waals surface area contributed by atoms with Crippen LogP contribution in [0.25, 0.3) is 21.8 Å². The zero-order valence-corrected chi connectivity index (χ0v) is 10.1. The van der Waals surface area contributed by atoms with Crippen LogP contribution in [0.4, 0.5) is 8.78 Å². The van der Waals surface area contributed by atoms with Crippen LogP contribution in [-0.4, -0.2) is 17.3 Å². The van der Waals surface area contributed by atoms with Crippen molar-refractivity contribution in [1.82, 2.24) is 4.57 Å². The number of epoxide rings is 1. The van der Waals surface area contributed by atoms with Crippen molar-refractivity contribution >= 4 is 21.8 Å². The SMILES string of the molecule is Fc1ccc2c(c1)c1cc(F)ccc1n2C[C@@H]1CO1. The lowest BCUT2D eigenvalue weighted by molar-refractivity contribution is 0.387. The minimum Gasteiger partial charge on any atom is -0.371 e. The number of fused-ring (bicyclic) bond motifs is 3. The smallest absolute Gasteiger partial charge is 0.123 e. The third kappa shape index (κ3) is 1.71. The van der Waals surface area contributed by atoms with E-state index in [1.54, 1.807) is 12.1 Å². The molecule has 1 aliphatic heterocycles. The molecule has 4 rings (SSSR count). The molecule has 0 aliphatic carbocycles. The van der Waals surface area contributed by atoms with Crippen LogP contribution < -0.4 is 0 Å².